The summed E-state index contributed by atoms with van der Waals surface area (Å²) in [5.74, 6) is 0.137. The van der Waals surface area contributed by atoms with Crippen molar-refractivity contribution in [3.8, 4) is 11.8 Å². The first-order valence-electron chi connectivity index (χ1n) is 9.54. The first-order chi connectivity index (χ1) is 14.9. The summed E-state index contributed by atoms with van der Waals surface area (Å²) in [5.41, 5.74) is 2.80. The Balaban J connectivity index is 1.54. The summed E-state index contributed by atoms with van der Waals surface area (Å²) in [6.45, 7) is 5.43. The molecule has 1 amide bonds. The lowest BCUT2D eigenvalue weighted by atomic mass is 10.2. The monoisotopic (exact) mass is 419 g/mol. The van der Waals surface area contributed by atoms with Crippen molar-refractivity contribution < 1.29 is 23.6 Å². The second kappa shape index (κ2) is 9.59. The molecule has 158 valence electrons. The predicted molar refractivity (Wildman–Crippen MR) is 111 cm³/mol. The van der Waals surface area contributed by atoms with E-state index in [9.17, 15) is 9.59 Å². The van der Waals surface area contributed by atoms with Crippen LogP contribution in [-0.2, 0) is 16.1 Å². The Kier molecular flexibility index (Phi) is 6.67. The van der Waals surface area contributed by atoms with Gasteiger partial charge < -0.3 is 19.3 Å². The maximum absolute atomic E-state index is 12.4. The number of aryl methyl sites for hydroxylation is 2. The molecule has 0 saturated heterocycles. The fourth-order valence-electron chi connectivity index (χ4n) is 2.74. The molecule has 0 aliphatic carbocycles. The molecule has 1 atom stereocenters. The van der Waals surface area contributed by atoms with Crippen LogP contribution in [0.25, 0.3) is 0 Å². The average Bonchev–Trinajstić information content (AvgIpc) is 3.09. The third-order valence-corrected chi connectivity index (χ3v) is 4.57. The zero-order valence-electron chi connectivity index (χ0n) is 17.3. The molecule has 3 aromatic rings. The molecular weight excluding hydrogens is 398 g/mol. The van der Waals surface area contributed by atoms with E-state index in [1.165, 1.54) is 13.0 Å². The van der Waals surface area contributed by atoms with E-state index in [2.05, 4.69) is 10.5 Å². The molecule has 0 aliphatic rings. The number of benzene rings is 2. The summed E-state index contributed by atoms with van der Waals surface area (Å²) < 4.78 is 16.1. The molecule has 8 heteroatoms. The molecule has 0 unspecified atom stereocenters. The number of hydrogen-bond acceptors (Lipinski definition) is 7. The summed E-state index contributed by atoms with van der Waals surface area (Å²) in [6, 6.07) is 14.9. The summed E-state index contributed by atoms with van der Waals surface area (Å²) in [5, 5.41) is 15.4. The zero-order chi connectivity index (χ0) is 22.4. The van der Waals surface area contributed by atoms with Crippen LogP contribution in [0.5, 0.6) is 5.75 Å². The Labute approximate surface area is 179 Å². The number of rotatable bonds is 7. The Morgan fingerprint density at radius 2 is 1.94 bits per heavy atom. The zero-order valence-corrected chi connectivity index (χ0v) is 17.3. The van der Waals surface area contributed by atoms with Crippen molar-refractivity contribution in [2.45, 2.75) is 33.5 Å². The summed E-state index contributed by atoms with van der Waals surface area (Å²) in [6.07, 6.45) is -1.02. The molecular formula is C23H21N3O5. The minimum Gasteiger partial charge on any atom is -0.489 e. The van der Waals surface area contributed by atoms with Crippen molar-refractivity contribution in [2.75, 3.05) is 5.32 Å². The van der Waals surface area contributed by atoms with Crippen LogP contribution >= 0.6 is 0 Å². The largest absolute Gasteiger partial charge is 0.489 e. The van der Waals surface area contributed by atoms with Gasteiger partial charge in [0.15, 0.2) is 6.10 Å². The molecule has 1 aromatic heterocycles. The third-order valence-electron chi connectivity index (χ3n) is 4.57. The SMILES string of the molecule is Cc1noc(C)c1COc1ccc(C(=O)O[C@@H](C)C(=O)Nc2cccc(C#N)c2)cc1. The smallest absolute Gasteiger partial charge is 0.338 e. The number of nitrogens with one attached hydrogen (secondary N) is 1. The van der Waals surface area contributed by atoms with Crippen molar-refractivity contribution in [2.24, 2.45) is 0 Å². The molecule has 31 heavy (non-hydrogen) atoms. The Hall–Kier alpha value is -4.12. The highest BCUT2D eigenvalue weighted by atomic mass is 16.5. The summed E-state index contributed by atoms with van der Waals surface area (Å²) >= 11 is 0. The van der Waals surface area contributed by atoms with Gasteiger partial charge in [0.1, 0.15) is 18.1 Å². The number of nitrogens with zero attached hydrogens (tertiary/aromatic N) is 2. The van der Waals surface area contributed by atoms with E-state index in [-0.39, 0.29) is 5.56 Å². The summed E-state index contributed by atoms with van der Waals surface area (Å²) in [7, 11) is 0. The van der Waals surface area contributed by atoms with Gasteiger partial charge in [0, 0.05) is 5.69 Å². The van der Waals surface area contributed by atoms with E-state index in [0.29, 0.717) is 29.4 Å². The molecule has 0 spiro atoms. The second-order valence-electron chi connectivity index (χ2n) is 6.85. The number of aromatic nitrogens is 1. The minimum absolute atomic E-state index is 0.288. The number of nitriles is 1. The molecule has 0 radical (unpaired) electrons. The van der Waals surface area contributed by atoms with Gasteiger partial charge in [0.2, 0.25) is 0 Å². The van der Waals surface area contributed by atoms with Gasteiger partial charge in [-0.3, -0.25) is 4.79 Å². The average molecular weight is 419 g/mol. The molecule has 1 heterocycles. The highest BCUT2D eigenvalue weighted by Crippen LogP contribution is 2.19. The Morgan fingerprint density at radius 3 is 2.58 bits per heavy atom. The van der Waals surface area contributed by atoms with E-state index in [1.54, 1.807) is 42.5 Å². The molecule has 2 aromatic carbocycles. The van der Waals surface area contributed by atoms with E-state index in [1.807, 2.05) is 19.9 Å². The van der Waals surface area contributed by atoms with Gasteiger partial charge in [0.05, 0.1) is 28.5 Å². The van der Waals surface area contributed by atoms with Gasteiger partial charge in [0.25, 0.3) is 5.91 Å². The lowest BCUT2D eigenvalue weighted by Gasteiger charge is -2.14. The van der Waals surface area contributed by atoms with E-state index < -0.39 is 18.0 Å². The first-order valence-corrected chi connectivity index (χ1v) is 9.54. The maximum Gasteiger partial charge on any atom is 0.338 e. The quantitative estimate of drug-likeness (QED) is 0.577. The molecule has 1 N–H and O–H groups in total. The predicted octanol–water partition coefficient (Wildman–Crippen LogP) is 3.93. The van der Waals surface area contributed by atoms with Crippen LogP contribution in [0.15, 0.2) is 53.1 Å². The van der Waals surface area contributed by atoms with Gasteiger partial charge in [-0.1, -0.05) is 11.2 Å². The van der Waals surface area contributed by atoms with Crippen LogP contribution < -0.4 is 10.1 Å². The maximum atomic E-state index is 12.4. The third kappa shape index (κ3) is 5.48. The van der Waals surface area contributed by atoms with Crippen LogP contribution in [0.2, 0.25) is 0 Å². The number of hydrogen-bond donors (Lipinski definition) is 1. The van der Waals surface area contributed by atoms with Crippen LogP contribution in [0.3, 0.4) is 0 Å². The molecule has 3 rings (SSSR count). The van der Waals surface area contributed by atoms with Crippen LogP contribution in [-0.4, -0.2) is 23.1 Å². The highest BCUT2D eigenvalue weighted by molar-refractivity contribution is 5.97. The Bertz CT molecular complexity index is 1110. The topological polar surface area (TPSA) is 114 Å². The number of carbonyl (C=O) groups excluding carboxylic acids is 2. The van der Waals surface area contributed by atoms with Crippen molar-refractivity contribution in [1.82, 2.24) is 5.16 Å². The molecule has 0 saturated carbocycles. The fraction of sp³-hybridized carbons (Fsp3) is 0.217. The lowest BCUT2D eigenvalue weighted by molar-refractivity contribution is -0.123. The van der Waals surface area contributed by atoms with Crippen LogP contribution in [0, 0.1) is 25.2 Å². The van der Waals surface area contributed by atoms with Gasteiger partial charge in [-0.05, 0) is 63.2 Å². The highest BCUT2D eigenvalue weighted by Gasteiger charge is 2.19. The molecule has 0 fully saturated rings. The Morgan fingerprint density at radius 1 is 1.19 bits per heavy atom. The second-order valence-corrected chi connectivity index (χ2v) is 6.85. The number of carbonyl (C=O) groups is 2. The van der Waals surface area contributed by atoms with E-state index in [4.69, 9.17) is 19.3 Å². The number of esters is 1. The summed E-state index contributed by atoms with van der Waals surface area (Å²) in [4.78, 5) is 24.6. The first kappa shape index (κ1) is 21.6. The molecule has 0 aliphatic heterocycles. The molecule has 0 bridgehead atoms. The van der Waals surface area contributed by atoms with Gasteiger partial charge in [-0.15, -0.1) is 0 Å². The fourth-order valence-corrected chi connectivity index (χ4v) is 2.74. The number of amides is 1. The minimum atomic E-state index is -1.02. The van der Waals surface area contributed by atoms with Crippen molar-refractivity contribution in [1.29, 1.82) is 5.26 Å². The van der Waals surface area contributed by atoms with Gasteiger partial charge in [-0.25, -0.2) is 4.79 Å². The van der Waals surface area contributed by atoms with Crippen molar-refractivity contribution in [3.63, 3.8) is 0 Å². The van der Waals surface area contributed by atoms with E-state index >= 15 is 0 Å². The van der Waals surface area contributed by atoms with Crippen molar-refractivity contribution >= 4 is 17.6 Å². The van der Waals surface area contributed by atoms with Crippen molar-refractivity contribution in [3.05, 3.63) is 76.7 Å². The lowest BCUT2D eigenvalue weighted by Crippen LogP contribution is -2.30. The normalized spacial score (nSPS) is 11.3. The standard InChI is InChI=1S/C23H21N3O5/c1-14-21(15(2)31-26-14)13-29-20-9-7-18(8-10-20)23(28)30-16(3)22(27)25-19-6-4-5-17(11-19)12-24/h4-11,16H,13H2,1-3H3,(H,25,27)/t16-/m0/s1. The van der Waals surface area contributed by atoms with Gasteiger partial charge >= 0.3 is 5.97 Å². The number of anilines is 1. The van der Waals surface area contributed by atoms with Gasteiger partial charge in [-0.2, -0.15) is 5.26 Å². The number of ether oxygens (including phenoxy) is 2. The van der Waals surface area contributed by atoms with Crippen LogP contribution in [0.4, 0.5) is 5.69 Å². The van der Waals surface area contributed by atoms with Crippen LogP contribution in [0.1, 0.15) is 39.9 Å². The molecule has 8 nitrogen and oxygen atoms in total. The van der Waals surface area contributed by atoms with E-state index in [0.717, 1.165) is 11.3 Å².